The van der Waals surface area contributed by atoms with E-state index in [2.05, 4.69) is 23.5 Å². The summed E-state index contributed by atoms with van der Waals surface area (Å²) in [5.41, 5.74) is 1.51. The summed E-state index contributed by atoms with van der Waals surface area (Å²) in [5, 5.41) is 18.0. The molecule has 3 fully saturated rings. The molecule has 3 saturated heterocycles. The predicted octanol–water partition coefficient (Wildman–Crippen LogP) is 2.00. The van der Waals surface area contributed by atoms with Crippen LogP contribution in [0.1, 0.15) is 26.2 Å². The molecule has 10 nitrogen and oxygen atoms in total. The van der Waals surface area contributed by atoms with Gasteiger partial charge in [-0.1, -0.05) is 36.1 Å². The Morgan fingerprint density at radius 2 is 2.08 bits per heavy atom. The third kappa shape index (κ3) is 4.03. The van der Waals surface area contributed by atoms with E-state index in [1.54, 1.807) is 32.3 Å². The number of carbonyl (C=O) groups is 3. The maximum Gasteiger partial charge on any atom is 0.311 e. The van der Waals surface area contributed by atoms with Gasteiger partial charge in [-0.15, -0.1) is 23.4 Å². The molecule has 1 N–H and O–H groups in total. The maximum absolute atomic E-state index is 14.4. The molecule has 202 valence electrons. The van der Waals surface area contributed by atoms with E-state index in [1.165, 1.54) is 6.08 Å². The molecule has 0 radical (unpaired) electrons. The van der Waals surface area contributed by atoms with Gasteiger partial charge in [0.2, 0.25) is 11.8 Å². The first-order valence-electron chi connectivity index (χ1n) is 12.9. The highest BCUT2D eigenvalue weighted by Crippen LogP contribution is 2.71. The summed E-state index contributed by atoms with van der Waals surface area (Å²) in [5.74, 6) is -2.20. The maximum atomic E-state index is 14.4. The van der Waals surface area contributed by atoms with Gasteiger partial charge >= 0.3 is 5.97 Å². The van der Waals surface area contributed by atoms with Gasteiger partial charge in [0.1, 0.15) is 24.8 Å². The van der Waals surface area contributed by atoms with Gasteiger partial charge in [-0.2, -0.15) is 0 Å². The van der Waals surface area contributed by atoms with Crippen LogP contribution >= 0.6 is 11.8 Å². The summed E-state index contributed by atoms with van der Waals surface area (Å²) >= 11 is 1.59. The third-order valence-electron chi connectivity index (χ3n) is 8.05. The Labute approximate surface area is 225 Å². The van der Waals surface area contributed by atoms with Gasteiger partial charge in [-0.3, -0.25) is 14.4 Å². The number of benzene rings is 1. The molecule has 2 unspecified atom stereocenters. The second-order valence-corrected chi connectivity index (χ2v) is 12.2. The minimum atomic E-state index is -0.787. The number of nitrogens with zero attached hydrogens (tertiary/aromatic N) is 5. The Hall–Kier alpha value is -3.18. The first-order chi connectivity index (χ1) is 18.3. The molecule has 2 amide bonds. The van der Waals surface area contributed by atoms with Crippen molar-refractivity contribution in [3.63, 3.8) is 0 Å². The highest BCUT2D eigenvalue weighted by molar-refractivity contribution is 8.02. The summed E-state index contributed by atoms with van der Waals surface area (Å²) in [6.07, 6.45) is 4.82. The molecular weight excluding hydrogens is 506 g/mol. The summed E-state index contributed by atoms with van der Waals surface area (Å²) in [7, 11) is 0. The lowest BCUT2D eigenvalue weighted by Gasteiger charge is -2.37. The highest BCUT2D eigenvalue weighted by atomic mass is 32.2. The molecular formula is C27H33N5O5S. The zero-order valence-electron chi connectivity index (χ0n) is 21.5. The molecule has 38 heavy (non-hydrogen) atoms. The lowest BCUT2D eigenvalue weighted by Crippen LogP contribution is -2.55. The number of aromatic nitrogens is 3. The predicted molar refractivity (Wildman–Crippen MR) is 143 cm³/mol. The number of para-hydroxylation sites is 1. The van der Waals surface area contributed by atoms with Crippen molar-refractivity contribution in [2.24, 2.45) is 11.8 Å². The van der Waals surface area contributed by atoms with Crippen molar-refractivity contribution >= 4 is 40.6 Å². The Kier molecular flexibility index (Phi) is 7.08. The fourth-order valence-electron chi connectivity index (χ4n) is 6.50. The molecule has 11 heteroatoms. The number of amides is 2. The van der Waals surface area contributed by atoms with Crippen LogP contribution < -0.4 is 0 Å². The SMILES string of the molecule is C=CCOC(=O)[C@@H]1[C@H]2C(=O)N(CCCO)C(C(=O)N(CC=C)Cn3nnc4ccccc43)C23CC[C@@]1(C)S3. The number of likely N-dealkylation sites (tertiary alicyclic amines) is 1. The number of rotatable bonds is 11. The molecule has 1 aromatic heterocycles. The van der Waals surface area contributed by atoms with Crippen molar-refractivity contribution < 1.29 is 24.2 Å². The lowest BCUT2D eigenvalue weighted by molar-refractivity contribution is -0.154. The summed E-state index contributed by atoms with van der Waals surface area (Å²) in [6.45, 7) is 10.0. The minimum Gasteiger partial charge on any atom is -0.461 e. The second kappa shape index (κ2) is 10.2. The summed E-state index contributed by atoms with van der Waals surface area (Å²) in [4.78, 5) is 44.8. The first-order valence-corrected chi connectivity index (χ1v) is 13.7. The van der Waals surface area contributed by atoms with Crippen LogP contribution in [0.15, 0.2) is 49.6 Å². The van der Waals surface area contributed by atoms with Crippen LogP contribution in [0.5, 0.6) is 0 Å². The molecule has 0 aliphatic carbocycles. The third-order valence-corrected chi connectivity index (χ3v) is 10.0. The van der Waals surface area contributed by atoms with E-state index in [0.29, 0.717) is 19.3 Å². The smallest absolute Gasteiger partial charge is 0.311 e. The molecule has 1 spiro atoms. The van der Waals surface area contributed by atoms with Gasteiger partial charge < -0.3 is 19.6 Å². The van der Waals surface area contributed by atoms with Gasteiger partial charge in [0.25, 0.3) is 0 Å². The van der Waals surface area contributed by atoms with Crippen molar-refractivity contribution in [1.82, 2.24) is 24.8 Å². The average molecular weight is 540 g/mol. The van der Waals surface area contributed by atoms with Crippen LogP contribution in [0.4, 0.5) is 0 Å². The highest BCUT2D eigenvalue weighted by Gasteiger charge is 2.77. The van der Waals surface area contributed by atoms with Crippen LogP contribution in [-0.4, -0.2) is 89.5 Å². The standard InChI is InChI=1S/C27H33N5O5S/c1-4-13-30(17-32-19-10-7-6-9-18(19)28-29-32)24(35)22-27-12-11-26(3,38-27)21(25(36)37-16-5-2)20(27)23(34)31(22)14-8-15-33/h4-7,9-10,20-22,33H,1-2,8,11-17H2,3H3/t20-,21-,22?,26+,27?/m0/s1. The van der Waals surface area contributed by atoms with Crippen LogP contribution in [-0.2, 0) is 25.8 Å². The number of hydrogen-bond acceptors (Lipinski definition) is 8. The number of aliphatic hydroxyl groups is 1. The summed E-state index contributed by atoms with van der Waals surface area (Å²) in [6, 6.07) is 6.72. The van der Waals surface area contributed by atoms with E-state index in [-0.39, 0.29) is 44.8 Å². The average Bonchev–Trinajstić information content (AvgIpc) is 3.61. The molecule has 4 heterocycles. The Bertz CT molecular complexity index is 1280. The van der Waals surface area contributed by atoms with Crippen molar-refractivity contribution in [2.45, 2.75) is 48.4 Å². The number of thioether (sulfide) groups is 1. The van der Waals surface area contributed by atoms with Crippen LogP contribution in [0, 0.1) is 11.8 Å². The van der Waals surface area contributed by atoms with Gasteiger partial charge in [0.05, 0.1) is 22.1 Å². The van der Waals surface area contributed by atoms with Gasteiger partial charge in [0.15, 0.2) is 0 Å². The molecule has 0 saturated carbocycles. The van der Waals surface area contributed by atoms with Crippen LogP contribution in [0.2, 0.25) is 0 Å². The van der Waals surface area contributed by atoms with Crippen LogP contribution in [0.3, 0.4) is 0 Å². The largest absolute Gasteiger partial charge is 0.461 e. The van der Waals surface area contributed by atoms with Crippen molar-refractivity contribution in [3.8, 4) is 0 Å². The number of aliphatic hydroxyl groups excluding tert-OH is 1. The molecule has 5 rings (SSSR count). The van der Waals surface area contributed by atoms with Gasteiger partial charge in [-0.05, 0) is 38.3 Å². The number of fused-ring (bicyclic) bond motifs is 2. The van der Waals surface area contributed by atoms with Gasteiger partial charge in [-0.25, -0.2) is 4.68 Å². The molecule has 2 aromatic rings. The van der Waals surface area contributed by atoms with E-state index >= 15 is 0 Å². The Morgan fingerprint density at radius 3 is 2.82 bits per heavy atom. The second-order valence-electron chi connectivity index (χ2n) is 10.3. The minimum absolute atomic E-state index is 0.0690. The molecule has 1 aromatic carbocycles. The summed E-state index contributed by atoms with van der Waals surface area (Å²) < 4.78 is 5.84. The monoisotopic (exact) mass is 539 g/mol. The van der Waals surface area contributed by atoms with E-state index in [0.717, 1.165) is 11.0 Å². The van der Waals surface area contributed by atoms with E-state index in [4.69, 9.17) is 4.74 Å². The molecule has 5 atom stereocenters. The van der Waals surface area contributed by atoms with Crippen molar-refractivity contribution in [1.29, 1.82) is 0 Å². The molecule has 2 bridgehead atoms. The zero-order chi connectivity index (χ0) is 27.1. The normalized spacial score (nSPS) is 29.5. The van der Waals surface area contributed by atoms with E-state index in [9.17, 15) is 19.5 Å². The van der Waals surface area contributed by atoms with E-state index < -0.39 is 33.3 Å². The Morgan fingerprint density at radius 1 is 1.29 bits per heavy atom. The fraction of sp³-hybridized carbons (Fsp3) is 0.519. The number of carbonyl (C=O) groups excluding carboxylic acids is 3. The first kappa shape index (κ1) is 26.4. The van der Waals surface area contributed by atoms with Crippen molar-refractivity contribution in [2.75, 3.05) is 26.3 Å². The quantitative estimate of drug-likeness (QED) is 0.340. The van der Waals surface area contributed by atoms with Crippen LogP contribution in [0.25, 0.3) is 11.0 Å². The Balaban J connectivity index is 1.52. The zero-order valence-corrected chi connectivity index (χ0v) is 22.3. The number of hydrogen-bond donors (Lipinski definition) is 1. The number of ether oxygens (including phenoxy) is 1. The van der Waals surface area contributed by atoms with E-state index in [1.807, 2.05) is 31.2 Å². The fourth-order valence-corrected chi connectivity index (χ4v) is 8.84. The molecule has 3 aliphatic rings. The lowest BCUT2D eigenvalue weighted by atomic mass is 9.66. The van der Waals surface area contributed by atoms with Gasteiger partial charge in [0, 0.05) is 24.4 Å². The molecule has 3 aliphatic heterocycles. The topological polar surface area (TPSA) is 118 Å². The van der Waals surface area contributed by atoms with Crippen molar-refractivity contribution in [3.05, 3.63) is 49.6 Å². The number of esters is 1.